The molecule has 2 aromatic heterocycles. The number of anilines is 1. The fourth-order valence-corrected chi connectivity index (χ4v) is 6.46. The molecular formula is C21H16N6O9S4. The summed E-state index contributed by atoms with van der Waals surface area (Å²) in [6, 6.07) is 9.63. The number of thiazole rings is 1. The number of rotatable bonds is 6. The van der Waals surface area contributed by atoms with Crippen molar-refractivity contribution in [1.82, 2.24) is 14.8 Å². The van der Waals surface area contributed by atoms with Crippen LogP contribution in [0.25, 0.3) is 26.7 Å². The van der Waals surface area contributed by atoms with Gasteiger partial charge in [-0.05, 0) is 54.8 Å². The fraction of sp³-hybridized carbons (Fsp3) is 0.0476. The summed E-state index contributed by atoms with van der Waals surface area (Å²) in [7, 11) is -14.1. The summed E-state index contributed by atoms with van der Waals surface area (Å²) in [5.74, 6) is 0.0105. The molecule has 0 spiro atoms. The molecule has 0 radical (unpaired) electrons. The highest BCUT2D eigenvalue weighted by atomic mass is 32.2. The number of aryl methyl sites for hydroxylation is 1. The lowest BCUT2D eigenvalue weighted by molar-refractivity contribution is 0.479. The molecule has 5 N–H and O–H groups in total. The van der Waals surface area contributed by atoms with E-state index < -0.39 is 40.1 Å². The Kier molecular flexibility index (Phi) is 6.49. The Bertz CT molecular complexity index is 2220. The van der Waals surface area contributed by atoms with E-state index in [0.717, 1.165) is 17.4 Å². The highest BCUT2D eigenvalue weighted by Gasteiger charge is 2.22. The van der Waals surface area contributed by atoms with Crippen LogP contribution in [-0.4, -0.2) is 53.7 Å². The Balaban J connectivity index is 1.56. The first-order chi connectivity index (χ1) is 18.5. The summed E-state index contributed by atoms with van der Waals surface area (Å²) in [6.07, 6.45) is 0. The van der Waals surface area contributed by atoms with Gasteiger partial charge >= 0.3 is 0 Å². The topological polar surface area (TPSA) is 245 Å². The third-order valence-electron chi connectivity index (χ3n) is 5.64. The number of azo groups is 1. The number of aromatic nitrogens is 3. The van der Waals surface area contributed by atoms with Crippen LogP contribution in [0.2, 0.25) is 0 Å². The lowest BCUT2D eigenvalue weighted by Gasteiger charge is -2.10. The van der Waals surface area contributed by atoms with Crippen molar-refractivity contribution in [3.8, 4) is 5.69 Å². The molecule has 0 bridgehead atoms. The Labute approximate surface area is 229 Å². The van der Waals surface area contributed by atoms with Crippen molar-refractivity contribution in [3.05, 3.63) is 54.2 Å². The zero-order chi connectivity index (χ0) is 29.2. The minimum atomic E-state index is -4.85. The van der Waals surface area contributed by atoms with Gasteiger partial charge in [-0.3, -0.25) is 13.7 Å². The number of benzene rings is 3. The van der Waals surface area contributed by atoms with E-state index in [1.807, 2.05) is 0 Å². The van der Waals surface area contributed by atoms with Gasteiger partial charge in [-0.15, -0.1) is 10.2 Å². The second-order valence-corrected chi connectivity index (χ2v) is 13.6. The Morgan fingerprint density at radius 3 is 2.20 bits per heavy atom. The van der Waals surface area contributed by atoms with E-state index in [9.17, 15) is 38.9 Å². The molecule has 15 nitrogen and oxygen atoms in total. The van der Waals surface area contributed by atoms with Gasteiger partial charge in [-0.1, -0.05) is 17.4 Å². The van der Waals surface area contributed by atoms with Crippen molar-refractivity contribution in [2.24, 2.45) is 10.2 Å². The molecule has 0 saturated heterocycles. The van der Waals surface area contributed by atoms with Crippen LogP contribution in [0.5, 0.6) is 0 Å². The molecule has 2 heterocycles. The summed E-state index contributed by atoms with van der Waals surface area (Å²) in [6.45, 7) is 1.59. The van der Waals surface area contributed by atoms with E-state index in [1.165, 1.54) is 41.1 Å². The van der Waals surface area contributed by atoms with E-state index >= 15 is 0 Å². The Hall–Kier alpha value is -3.85. The zero-order valence-electron chi connectivity index (χ0n) is 19.9. The van der Waals surface area contributed by atoms with Gasteiger partial charge in [-0.2, -0.15) is 30.4 Å². The number of hydrogen-bond donors (Lipinski definition) is 4. The minimum absolute atomic E-state index is 0.0105. The van der Waals surface area contributed by atoms with Crippen molar-refractivity contribution in [3.63, 3.8) is 0 Å². The quantitative estimate of drug-likeness (QED) is 0.156. The maximum atomic E-state index is 11.9. The van der Waals surface area contributed by atoms with E-state index in [0.29, 0.717) is 16.5 Å². The molecule has 5 aromatic rings. The monoisotopic (exact) mass is 624 g/mol. The normalized spacial score (nSPS) is 13.1. The van der Waals surface area contributed by atoms with Crippen molar-refractivity contribution < 1.29 is 38.9 Å². The van der Waals surface area contributed by atoms with E-state index in [4.69, 9.17) is 5.73 Å². The molecule has 0 unspecified atom stereocenters. The number of fused-ring (bicyclic) bond motifs is 2. The second-order valence-electron chi connectivity index (χ2n) is 8.31. The largest absolute Gasteiger partial charge is 0.382 e. The second kappa shape index (κ2) is 9.37. The lowest BCUT2D eigenvalue weighted by Crippen LogP contribution is -2.05. The molecule has 0 fully saturated rings. The van der Waals surface area contributed by atoms with Gasteiger partial charge in [0.05, 0.1) is 31.4 Å². The SMILES string of the molecule is Cc1nn(-c2ccc3c(S(=O)(=O)O)cc(S(=O)(=O)O)cc3c2)c(N)c1/N=N/c1nc2cc(S(=O)(=O)O)ccc2s1. The van der Waals surface area contributed by atoms with E-state index in [-0.39, 0.29) is 43.5 Å². The molecule has 19 heteroatoms. The first-order valence-electron chi connectivity index (χ1n) is 10.7. The third-order valence-corrected chi connectivity index (χ3v) is 9.13. The summed E-state index contributed by atoms with van der Waals surface area (Å²) >= 11 is 1.10. The lowest BCUT2D eigenvalue weighted by atomic mass is 10.1. The van der Waals surface area contributed by atoms with Gasteiger partial charge in [0.2, 0.25) is 5.13 Å². The predicted molar refractivity (Wildman–Crippen MR) is 143 cm³/mol. The third kappa shape index (κ3) is 5.18. The first-order valence-corrected chi connectivity index (χ1v) is 15.8. The van der Waals surface area contributed by atoms with Crippen LogP contribution >= 0.6 is 11.3 Å². The van der Waals surface area contributed by atoms with Crippen LogP contribution in [0.3, 0.4) is 0 Å². The Morgan fingerprint density at radius 2 is 1.55 bits per heavy atom. The van der Waals surface area contributed by atoms with Crippen LogP contribution < -0.4 is 5.73 Å². The van der Waals surface area contributed by atoms with Gasteiger partial charge in [0.25, 0.3) is 30.4 Å². The smallest absolute Gasteiger partial charge is 0.295 e. The van der Waals surface area contributed by atoms with Gasteiger partial charge in [0.15, 0.2) is 11.5 Å². The molecule has 5 rings (SSSR count). The molecule has 0 saturated carbocycles. The summed E-state index contributed by atoms with van der Waals surface area (Å²) in [5.41, 5.74) is 7.28. The fourth-order valence-electron chi connectivity index (χ4n) is 3.84. The Morgan fingerprint density at radius 1 is 0.850 bits per heavy atom. The van der Waals surface area contributed by atoms with Crippen LogP contribution in [0.4, 0.5) is 16.6 Å². The summed E-state index contributed by atoms with van der Waals surface area (Å²) in [4.78, 5) is 2.40. The van der Waals surface area contributed by atoms with Crippen molar-refractivity contribution >= 4 is 79.3 Å². The van der Waals surface area contributed by atoms with E-state index in [1.54, 1.807) is 6.92 Å². The highest BCUT2D eigenvalue weighted by molar-refractivity contribution is 7.87. The van der Waals surface area contributed by atoms with Gasteiger partial charge < -0.3 is 5.73 Å². The molecule has 0 atom stereocenters. The molecule has 40 heavy (non-hydrogen) atoms. The van der Waals surface area contributed by atoms with E-state index in [2.05, 4.69) is 20.3 Å². The van der Waals surface area contributed by atoms with Gasteiger partial charge in [-0.25, -0.2) is 9.67 Å². The van der Waals surface area contributed by atoms with Crippen LogP contribution in [0.15, 0.2) is 73.4 Å². The molecule has 0 aliphatic heterocycles. The number of hydrogen-bond acceptors (Lipinski definition) is 12. The maximum absolute atomic E-state index is 11.9. The van der Waals surface area contributed by atoms with Crippen molar-refractivity contribution in [2.45, 2.75) is 21.6 Å². The molecule has 0 aliphatic carbocycles. The maximum Gasteiger partial charge on any atom is 0.295 e. The standard InChI is InChI=1S/C21H16N6O9S4/c1-10-19(24-25-21-23-16-8-13(38(28,29)30)3-5-17(16)37-21)20(22)27(26-10)12-2-4-15-11(6-12)7-14(39(31,32)33)9-18(15)40(34,35)36/h2-9H,22H2,1H3,(H,28,29,30)(H,31,32,33)(H,34,35,36)/b25-24+. The molecular weight excluding hydrogens is 609 g/mol. The van der Waals surface area contributed by atoms with Crippen molar-refractivity contribution in [2.75, 3.05) is 5.73 Å². The molecule has 3 aromatic carbocycles. The predicted octanol–water partition coefficient (Wildman–Crippen LogP) is 3.68. The summed E-state index contributed by atoms with van der Waals surface area (Å²) < 4.78 is 100.0. The minimum Gasteiger partial charge on any atom is -0.382 e. The number of nitrogens with two attached hydrogens (primary N) is 1. The number of nitrogen functional groups attached to an aromatic ring is 1. The average molecular weight is 625 g/mol. The zero-order valence-corrected chi connectivity index (χ0v) is 23.1. The molecule has 208 valence electrons. The first kappa shape index (κ1) is 27.7. The van der Waals surface area contributed by atoms with Crippen LogP contribution in [-0.2, 0) is 30.4 Å². The van der Waals surface area contributed by atoms with Gasteiger partial charge in [0.1, 0.15) is 4.90 Å². The van der Waals surface area contributed by atoms with Crippen molar-refractivity contribution in [1.29, 1.82) is 0 Å². The highest BCUT2D eigenvalue weighted by Crippen LogP contribution is 2.35. The summed E-state index contributed by atoms with van der Waals surface area (Å²) in [5, 5.41) is 12.7. The average Bonchev–Trinajstić information content (AvgIpc) is 3.38. The van der Waals surface area contributed by atoms with Crippen LogP contribution in [0, 0.1) is 6.92 Å². The number of nitrogens with zero attached hydrogens (tertiary/aromatic N) is 5. The molecule has 0 aliphatic rings. The molecule has 0 amide bonds. The van der Waals surface area contributed by atoms with Crippen LogP contribution in [0.1, 0.15) is 5.69 Å². The van der Waals surface area contributed by atoms with Gasteiger partial charge in [0, 0.05) is 5.39 Å².